The molecule has 1 aliphatic rings. The molecule has 1 aliphatic carbocycles. The molecule has 36 heavy (non-hydrogen) atoms. The largest absolute Gasteiger partial charge is 0.447 e. The van der Waals surface area contributed by atoms with E-state index in [0.717, 1.165) is 41.5 Å². The second-order valence-electron chi connectivity index (χ2n) is 9.50. The molecule has 1 aromatic heterocycles. The van der Waals surface area contributed by atoms with Crippen LogP contribution in [0.25, 0.3) is 22.2 Å². The molecular formula is C28H32N4O4. The first-order valence-electron chi connectivity index (χ1n) is 12.2. The summed E-state index contributed by atoms with van der Waals surface area (Å²) in [5, 5.41) is 13.7. The van der Waals surface area contributed by atoms with Gasteiger partial charge in [-0.1, -0.05) is 18.2 Å². The number of carbonyl (C=O) groups excluding carboxylic acids is 2. The van der Waals surface area contributed by atoms with E-state index in [1.54, 1.807) is 51.1 Å². The van der Waals surface area contributed by atoms with Gasteiger partial charge in [0.1, 0.15) is 6.07 Å². The fourth-order valence-electron chi connectivity index (χ4n) is 4.27. The number of benzene rings is 2. The van der Waals surface area contributed by atoms with E-state index in [0.29, 0.717) is 35.9 Å². The summed E-state index contributed by atoms with van der Waals surface area (Å²) in [6.45, 7) is 5.33. The lowest BCUT2D eigenvalue weighted by Crippen LogP contribution is -2.29. The molecule has 0 aliphatic heterocycles. The monoisotopic (exact) mass is 488 g/mol. The van der Waals surface area contributed by atoms with E-state index in [-0.39, 0.29) is 12.0 Å². The number of likely N-dealkylation sites (N-methyl/N-ethyl adjacent to an activating group) is 1. The standard InChI is InChI=1S/C28H32N4O4/c1-18(2)36-28(34)30-22-10-7-20(8-11-22)26-24(16-29)23-12-9-21(27(33)31(3)13-14-35-4)15-25(23)32(26)17-19-5-6-19/h7-12,15,18-19H,5-6,13-14,17H2,1-4H3,(H,30,34). The Morgan fingerprint density at radius 3 is 2.53 bits per heavy atom. The summed E-state index contributed by atoms with van der Waals surface area (Å²) in [7, 11) is 3.37. The lowest BCUT2D eigenvalue weighted by atomic mass is 10.0. The van der Waals surface area contributed by atoms with E-state index in [1.165, 1.54) is 0 Å². The van der Waals surface area contributed by atoms with Crippen LogP contribution >= 0.6 is 0 Å². The Kier molecular flexibility index (Phi) is 7.61. The Balaban J connectivity index is 1.73. The molecule has 0 radical (unpaired) electrons. The van der Waals surface area contributed by atoms with E-state index in [1.807, 2.05) is 24.3 Å². The maximum atomic E-state index is 13.0. The summed E-state index contributed by atoms with van der Waals surface area (Å²) in [5.41, 5.74) is 4.35. The molecule has 188 valence electrons. The molecule has 1 saturated carbocycles. The number of methoxy groups -OCH3 is 1. The number of anilines is 1. The fourth-order valence-corrected chi connectivity index (χ4v) is 4.27. The van der Waals surface area contributed by atoms with Crippen LogP contribution in [0.15, 0.2) is 42.5 Å². The van der Waals surface area contributed by atoms with Gasteiger partial charge < -0.3 is 18.9 Å². The van der Waals surface area contributed by atoms with Gasteiger partial charge in [-0.3, -0.25) is 10.1 Å². The molecule has 3 aromatic rings. The average molecular weight is 489 g/mol. The number of hydrogen-bond acceptors (Lipinski definition) is 5. The maximum absolute atomic E-state index is 13.0. The number of aromatic nitrogens is 1. The van der Waals surface area contributed by atoms with Crippen LogP contribution in [0.3, 0.4) is 0 Å². The highest BCUT2D eigenvalue weighted by Crippen LogP contribution is 2.39. The second-order valence-corrected chi connectivity index (χ2v) is 9.50. The van der Waals surface area contributed by atoms with Crippen LogP contribution in [-0.2, 0) is 16.0 Å². The molecule has 0 spiro atoms. The minimum Gasteiger partial charge on any atom is -0.447 e. The number of nitrogens with one attached hydrogen (secondary N) is 1. The predicted octanol–water partition coefficient (Wildman–Crippen LogP) is 5.27. The number of hydrogen-bond donors (Lipinski definition) is 1. The van der Waals surface area contributed by atoms with Crippen LogP contribution in [-0.4, -0.2) is 54.9 Å². The molecule has 8 nitrogen and oxygen atoms in total. The molecule has 1 N–H and O–H groups in total. The fraction of sp³-hybridized carbons (Fsp3) is 0.393. The summed E-state index contributed by atoms with van der Waals surface area (Å²) in [4.78, 5) is 26.6. The van der Waals surface area contributed by atoms with Gasteiger partial charge in [-0.15, -0.1) is 0 Å². The van der Waals surface area contributed by atoms with Crippen molar-refractivity contribution in [2.24, 2.45) is 5.92 Å². The van der Waals surface area contributed by atoms with E-state index >= 15 is 0 Å². The molecule has 0 saturated heterocycles. The zero-order valence-electron chi connectivity index (χ0n) is 21.2. The third kappa shape index (κ3) is 5.52. The van der Waals surface area contributed by atoms with E-state index in [2.05, 4.69) is 16.0 Å². The van der Waals surface area contributed by atoms with Gasteiger partial charge in [-0.25, -0.2) is 4.79 Å². The van der Waals surface area contributed by atoms with Crippen molar-refractivity contribution in [3.05, 3.63) is 53.6 Å². The molecule has 2 aromatic carbocycles. The lowest BCUT2D eigenvalue weighted by Gasteiger charge is -2.17. The van der Waals surface area contributed by atoms with Crippen molar-refractivity contribution in [3.63, 3.8) is 0 Å². The SMILES string of the molecule is COCCN(C)C(=O)c1ccc2c(C#N)c(-c3ccc(NC(=O)OC(C)C)cc3)n(CC3CC3)c2c1. The first-order chi connectivity index (χ1) is 17.3. The van der Waals surface area contributed by atoms with Crippen molar-refractivity contribution in [2.45, 2.75) is 39.3 Å². The van der Waals surface area contributed by atoms with Gasteiger partial charge in [-0.2, -0.15) is 5.26 Å². The van der Waals surface area contributed by atoms with Gasteiger partial charge in [0.15, 0.2) is 0 Å². The van der Waals surface area contributed by atoms with Crippen molar-refractivity contribution in [2.75, 3.05) is 32.6 Å². The number of nitriles is 1. The van der Waals surface area contributed by atoms with Crippen LogP contribution < -0.4 is 5.32 Å². The number of carbonyl (C=O) groups is 2. The van der Waals surface area contributed by atoms with Gasteiger partial charge in [0.2, 0.25) is 0 Å². The minimum absolute atomic E-state index is 0.0862. The Labute approximate surface area is 211 Å². The van der Waals surface area contributed by atoms with Gasteiger partial charge in [-0.05, 0) is 62.4 Å². The highest BCUT2D eigenvalue weighted by molar-refractivity contribution is 6.01. The summed E-state index contributed by atoms with van der Waals surface area (Å²) < 4.78 is 12.4. The van der Waals surface area contributed by atoms with Crippen LogP contribution in [0.2, 0.25) is 0 Å². The molecule has 4 rings (SSSR count). The van der Waals surface area contributed by atoms with E-state index in [9.17, 15) is 14.9 Å². The minimum atomic E-state index is -0.508. The number of nitrogens with zero attached hydrogens (tertiary/aromatic N) is 3. The van der Waals surface area contributed by atoms with Crippen LogP contribution in [0, 0.1) is 17.2 Å². The van der Waals surface area contributed by atoms with E-state index < -0.39 is 6.09 Å². The topological polar surface area (TPSA) is 96.6 Å². The highest BCUT2D eigenvalue weighted by Gasteiger charge is 2.27. The average Bonchev–Trinajstić information content (AvgIpc) is 3.63. The molecule has 0 unspecified atom stereocenters. The molecule has 0 bridgehead atoms. The number of amides is 2. The third-order valence-corrected chi connectivity index (χ3v) is 6.29. The molecule has 2 amide bonds. The van der Waals surface area contributed by atoms with Crippen LogP contribution in [0.1, 0.15) is 42.6 Å². The van der Waals surface area contributed by atoms with Crippen molar-refractivity contribution in [1.29, 1.82) is 5.26 Å². The van der Waals surface area contributed by atoms with Crippen molar-refractivity contribution in [1.82, 2.24) is 9.47 Å². The molecule has 1 heterocycles. The molecule has 0 atom stereocenters. The molecular weight excluding hydrogens is 456 g/mol. The van der Waals surface area contributed by atoms with Gasteiger partial charge in [0.05, 0.1) is 29.5 Å². The summed E-state index contributed by atoms with van der Waals surface area (Å²) >= 11 is 0. The first kappa shape index (κ1) is 25.3. The number of fused-ring (bicyclic) bond motifs is 1. The zero-order chi connectivity index (χ0) is 25.8. The van der Waals surface area contributed by atoms with Crippen LogP contribution in [0.4, 0.5) is 10.5 Å². The Morgan fingerprint density at radius 1 is 1.19 bits per heavy atom. The molecule has 8 heteroatoms. The van der Waals surface area contributed by atoms with Gasteiger partial charge in [0.25, 0.3) is 5.91 Å². The normalized spacial score (nSPS) is 13.0. The summed E-state index contributed by atoms with van der Waals surface area (Å²) in [6.07, 6.45) is 1.59. The van der Waals surface area contributed by atoms with Crippen molar-refractivity contribution in [3.8, 4) is 17.3 Å². The van der Waals surface area contributed by atoms with Crippen LogP contribution in [0.5, 0.6) is 0 Å². The maximum Gasteiger partial charge on any atom is 0.411 e. The predicted molar refractivity (Wildman–Crippen MR) is 139 cm³/mol. The molecule has 1 fully saturated rings. The highest BCUT2D eigenvalue weighted by atomic mass is 16.6. The summed E-state index contributed by atoms with van der Waals surface area (Å²) in [6, 6.07) is 15.3. The van der Waals surface area contributed by atoms with Crippen molar-refractivity contribution >= 4 is 28.6 Å². The van der Waals surface area contributed by atoms with E-state index in [4.69, 9.17) is 9.47 Å². The summed E-state index contributed by atoms with van der Waals surface area (Å²) in [5.74, 6) is 0.471. The van der Waals surface area contributed by atoms with Gasteiger partial charge in [0, 0.05) is 43.9 Å². The Hall–Kier alpha value is -3.83. The third-order valence-electron chi connectivity index (χ3n) is 6.29. The Bertz CT molecular complexity index is 1300. The number of rotatable bonds is 9. The first-order valence-corrected chi connectivity index (χ1v) is 12.2. The zero-order valence-corrected chi connectivity index (χ0v) is 21.2. The quantitative estimate of drug-likeness (QED) is 0.443. The second kappa shape index (κ2) is 10.8. The lowest BCUT2D eigenvalue weighted by molar-refractivity contribution is 0.0744. The Morgan fingerprint density at radius 2 is 1.92 bits per heavy atom. The smallest absolute Gasteiger partial charge is 0.411 e. The van der Waals surface area contributed by atoms with Gasteiger partial charge >= 0.3 is 6.09 Å². The number of ether oxygens (including phenoxy) is 2. The van der Waals surface area contributed by atoms with Crippen molar-refractivity contribution < 1.29 is 19.1 Å².